The molecular weight excluding hydrogens is 262 g/mol. The van der Waals surface area contributed by atoms with Gasteiger partial charge in [0.1, 0.15) is 5.75 Å². The fourth-order valence-corrected chi connectivity index (χ4v) is 3.43. The number of hydrogen-bond acceptors (Lipinski definition) is 3. The maximum Gasteiger partial charge on any atom is 0.235 e. The smallest absolute Gasteiger partial charge is 0.235 e. The minimum absolute atomic E-state index is 0.360. The average molecular weight is 287 g/mol. The molecule has 0 atom stereocenters. The molecule has 0 saturated heterocycles. The van der Waals surface area contributed by atoms with Crippen molar-refractivity contribution in [2.45, 2.75) is 64.3 Å². The Morgan fingerprint density at radius 1 is 1.33 bits per heavy atom. The molecule has 0 heterocycles. The van der Waals surface area contributed by atoms with Gasteiger partial charge in [-0.25, -0.2) is 4.79 Å². The van der Waals surface area contributed by atoms with Crippen LogP contribution in [-0.2, 0) is 16.8 Å². The first-order valence-electron chi connectivity index (χ1n) is 7.88. The summed E-state index contributed by atoms with van der Waals surface area (Å²) >= 11 is 0. The van der Waals surface area contributed by atoms with E-state index in [9.17, 15) is 4.79 Å². The minimum Gasteiger partial charge on any atom is -0.496 e. The third-order valence-electron chi connectivity index (χ3n) is 4.63. The second kappa shape index (κ2) is 6.44. The topological polar surface area (TPSA) is 38.7 Å². The third kappa shape index (κ3) is 2.89. The van der Waals surface area contributed by atoms with Crippen molar-refractivity contribution in [3.05, 3.63) is 28.8 Å². The standard InChI is InChI=1S/C18H25NO2/c1-5-14-10-15(11-16(13(2)3)17(14)21-4)18(19-12-20)8-6-7-9-18/h10-11,13H,5-9H2,1-4H3. The molecule has 1 saturated carbocycles. The molecule has 21 heavy (non-hydrogen) atoms. The fraction of sp³-hybridized carbons (Fsp3) is 0.611. The molecule has 2 rings (SSSR count). The van der Waals surface area contributed by atoms with Gasteiger partial charge in [0.25, 0.3) is 0 Å². The summed E-state index contributed by atoms with van der Waals surface area (Å²) in [6, 6.07) is 4.37. The predicted octanol–water partition coefficient (Wildman–Crippen LogP) is 4.49. The summed E-state index contributed by atoms with van der Waals surface area (Å²) in [5.74, 6) is 1.36. The number of rotatable bonds is 5. The number of methoxy groups -OCH3 is 1. The number of aliphatic imine (C=N–C) groups is 1. The van der Waals surface area contributed by atoms with Gasteiger partial charge in [0.15, 0.2) is 0 Å². The van der Waals surface area contributed by atoms with Gasteiger partial charge in [-0.05, 0) is 54.0 Å². The lowest BCUT2D eigenvalue weighted by Gasteiger charge is -2.26. The number of nitrogens with zero attached hydrogens (tertiary/aromatic N) is 1. The van der Waals surface area contributed by atoms with Crippen molar-refractivity contribution in [1.29, 1.82) is 0 Å². The van der Waals surface area contributed by atoms with Crippen LogP contribution in [0, 0.1) is 0 Å². The average Bonchev–Trinajstić information content (AvgIpc) is 2.95. The number of carbonyl (C=O) groups excluding carboxylic acids is 1. The number of aryl methyl sites for hydroxylation is 1. The van der Waals surface area contributed by atoms with Crippen LogP contribution in [0.1, 0.15) is 69.1 Å². The summed E-state index contributed by atoms with van der Waals surface area (Å²) in [7, 11) is 1.73. The first-order valence-corrected chi connectivity index (χ1v) is 7.88. The lowest BCUT2D eigenvalue weighted by Crippen LogP contribution is -2.20. The van der Waals surface area contributed by atoms with Crippen molar-refractivity contribution in [3.63, 3.8) is 0 Å². The number of benzene rings is 1. The summed E-state index contributed by atoms with van der Waals surface area (Å²) in [6.07, 6.45) is 6.84. The van der Waals surface area contributed by atoms with Crippen LogP contribution in [0.2, 0.25) is 0 Å². The van der Waals surface area contributed by atoms with Crippen molar-refractivity contribution in [2.75, 3.05) is 7.11 Å². The molecule has 0 N–H and O–H groups in total. The van der Waals surface area contributed by atoms with E-state index in [1.54, 1.807) is 7.11 Å². The molecule has 114 valence electrons. The normalized spacial score (nSPS) is 16.8. The van der Waals surface area contributed by atoms with Gasteiger partial charge in [-0.2, -0.15) is 4.99 Å². The lowest BCUT2D eigenvalue weighted by atomic mass is 9.84. The van der Waals surface area contributed by atoms with Crippen LogP contribution >= 0.6 is 0 Å². The van der Waals surface area contributed by atoms with E-state index in [4.69, 9.17) is 4.74 Å². The second-order valence-electron chi connectivity index (χ2n) is 6.21. The Labute approximate surface area is 127 Å². The monoisotopic (exact) mass is 287 g/mol. The largest absolute Gasteiger partial charge is 0.496 e. The Bertz CT molecular complexity index is 551. The number of hydrogen-bond donors (Lipinski definition) is 0. The number of ether oxygens (including phenoxy) is 1. The highest BCUT2D eigenvalue weighted by molar-refractivity contribution is 5.49. The van der Waals surface area contributed by atoms with E-state index in [2.05, 4.69) is 37.9 Å². The molecule has 3 heteroatoms. The molecule has 1 aromatic rings. The zero-order chi connectivity index (χ0) is 15.5. The fourth-order valence-electron chi connectivity index (χ4n) is 3.43. The Morgan fingerprint density at radius 3 is 2.48 bits per heavy atom. The van der Waals surface area contributed by atoms with Gasteiger partial charge in [0.05, 0.1) is 12.6 Å². The van der Waals surface area contributed by atoms with Crippen molar-refractivity contribution in [1.82, 2.24) is 0 Å². The van der Waals surface area contributed by atoms with Crippen LogP contribution in [0.25, 0.3) is 0 Å². The lowest BCUT2D eigenvalue weighted by molar-refractivity contribution is 0.400. The highest BCUT2D eigenvalue weighted by atomic mass is 16.5. The van der Waals surface area contributed by atoms with Crippen LogP contribution in [0.5, 0.6) is 5.75 Å². The zero-order valence-electron chi connectivity index (χ0n) is 13.5. The van der Waals surface area contributed by atoms with Gasteiger partial charge in [-0.1, -0.05) is 33.6 Å². The SMILES string of the molecule is CCc1cc(C2(N=C=O)CCCC2)cc(C(C)C)c1OC. The van der Waals surface area contributed by atoms with Crippen molar-refractivity contribution in [2.24, 2.45) is 4.99 Å². The summed E-state index contributed by atoms with van der Waals surface area (Å²) in [5.41, 5.74) is 3.21. The molecule has 0 bridgehead atoms. The van der Waals surface area contributed by atoms with Crippen molar-refractivity contribution >= 4 is 6.08 Å². The van der Waals surface area contributed by atoms with Crippen LogP contribution in [0.3, 0.4) is 0 Å². The molecule has 1 aromatic carbocycles. The second-order valence-corrected chi connectivity index (χ2v) is 6.21. The van der Waals surface area contributed by atoms with Crippen LogP contribution < -0.4 is 4.74 Å². The van der Waals surface area contributed by atoms with E-state index in [1.807, 2.05) is 6.08 Å². The van der Waals surface area contributed by atoms with E-state index in [0.717, 1.165) is 43.4 Å². The maximum absolute atomic E-state index is 10.9. The van der Waals surface area contributed by atoms with Crippen LogP contribution in [-0.4, -0.2) is 13.2 Å². The molecule has 0 radical (unpaired) electrons. The van der Waals surface area contributed by atoms with Crippen molar-refractivity contribution < 1.29 is 9.53 Å². The first-order chi connectivity index (χ1) is 10.1. The van der Waals surface area contributed by atoms with E-state index >= 15 is 0 Å². The zero-order valence-corrected chi connectivity index (χ0v) is 13.5. The van der Waals surface area contributed by atoms with Gasteiger partial charge in [-0.15, -0.1) is 0 Å². The summed E-state index contributed by atoms with van der Waals surface area (Å²) in [5, 5.41) is 0. The van der Waals surface area contributed by atoms with E-state index in [0.29, 0.717) is 5.92 Å². The van der Waals surface area contributed by atoms with E-state index < -0.39 is 0 Å². The van der Waals surface area contributed by atoms with Gasteiger partial charge in [-0.3, -0.25) is 0 Å². The Kier molecular flexibility index (Phi) is 4.84. The molecule has 1 aliphatic rings. The van der Waals surface area contributed by atoms with Gasteiger partial charge in [0, 0.05) is 0 Å². The molecule has 1 aliphatic carbocycles. The Balaban J connectivity index is 2.63. The van der Waals surface area contributed by atoms with Crippen molar-refractivity contribution in [3.8, 4) is 5.75 Å². The Hall–Kier alpha value is -1.60. The molecule has 0 aromatic heterocycles. The molecule has 0 unspecified atom stereocenters. The van der Waals surface area contributed by atoms with E-state index in [-0.39, 0.29) is 5.54 Å². The Morgan fingerprint density at radius 2 is 2.00 bits per heavy atom. The summed E-state index contributed by atoms with van der Waals surface area (Å²) < 4.78 is 5.63. The first kappa shape index (κ1) is 15.8. The molecule has 0 spiro atoms. The number of isocyanates is 1. The molecule has 0 aliphatic heterocycles. The summed E-state index contributed by atoms with van der Waals surface area (Å²) in [4.78, 5) is 15.1. The maximum atomic E-state index is 10.9. The highest BCUT2D eigenvalue weighted by Crippen LogP contribution is 2.45. The van der Waals surface area contributed by atoms with Crippen LogP contribution in [0.15, 0.2) is 17.1 Å². The van der Waals surface area contributed by atoms with Gasteiger partial charge < -0.3 is 4.74 Å². The molecule has 3 nitrogen and oxygen atoms in total. The minimum atomic E-state index is -0.360. The van der Waals surface area contributed by atoms with Gasteiger partial charge in [0.2, 0.25) is 6.08 Å². The van der Waals surface area contributed by atoms with E-state index in [1.165, 1.54) is 11.1 Å². The van der Waals surface area contributed by atoms with Gasteiger partial charge >= 0.3 is 0 Å². The quantitative estimate of drug-likeness (QED) is 0.591. The molecular formula is C18H25NO2. The molecule has 1 fully saturated rings. The van der Waals surface area contributed by atoms with Crippen LogP contribution in [0.4, 0.5) is 0 Å². The highest BCUT2D eigenvalue weighted by Gasteiger charge is 2.36. The summed E-state index contributed by atoms with van der Waals surface area (Å²) in [6.45, 7) is 6.48. The third-order valence-corrected chi connectivity index (χ3v) is 4.63. The predicted molar refractivity (Wildman–Crippen MR) is 84.7 cm³/mol. The molecule has 0 amide bonds.